The van der Waals surface area contributed by atoms with E-state index in [9.17, 15) is 14.7 Å². The van der Waals surface area contributed by atoms with Crippen LogP contribution >= 0.6 is 0 Å². The molecule has 0 aliphatic rings. The molecule has 0 fully saturated rings. The van der Waals surface area contributed by atoms with Gasteiger partial charge in [0, 0.05) is 12.0 Å². The van der Waals surface area contributed by atoms with Gasteiger partial charge in [0.1, 0.15) is 5.78 Å². The molecule has 0 spiro atoms. The third-order valence-corrected chi connectivity index (χ3v) is 4.38. The highest BCUT2D eigenvalue weighted by atomic mass is 16.5. The molecule has 0 saturated heterocycles. The van der Waals surface area contributed by atoms with Crippen LogP contribution in [0.3, 0.4) is 0 Å². The van der Waals surface area contributed by atoms with E-state index in [4.69, 9.17) is 4.74 Å². The summed E-state index contributed by atoms with van der Waals surface area (Å²) in [6.45, 7) is 2.16. The number of fused-ring (bicyclic) bond motifs is 1. The summed E-state index contributed by atoms with van der Waals surface area (Å²) >= 11 is 0. The van der Waals surface area contributed by atoms with Crippen LogP contribution in [0.1, 0.15) is 62.2 Å². The lowest BCUT2D eigenvalue weighted by molar-refractivity contribution is -0.118. The monoisotopic (exact) mass is 342 g/mol. The number of unbranched alkanes of at least 4 members (excludes halogenated alkanes) is 4. The first-order valence-corrected chi connectivity index (χ1v) is 8.90. The van der Waals surface area contributed by atoms with Crippen molar-refractivity contribution in [2.24, 2.45) is 0 Å². The Morgan fingerprint density at radius 1 is 1.00 bits per heavy atom. The van der Waals surface area contributed by atoms with E-state index in [1.165, 1.54) is 20.0 Å². The summed E-state index contributed by atoms with van der Waals surface area (Å²) in [5.74, 6) is 0.268. The molecular weight excluding hydrogens is 316 g/mol. The number of methoxy groups -OCH3 is 1. The number of rotatable bonds is 10. The number of ketones is 2. The molecule has 4 heteroatoms. The van der Waals surface area contributed by atoms with Crippen LogP contribution in [0.25, 0.3) is 10.8 Å². The van der Waals surface area contributed by atoms with Crippen molar-refractivity contribution >= 4 is 22.3 Å². The van der Waals surface area contributed by atoms with Crippen molar-refractivity contribution in [3.63, 3.8) is 0 Å². The maximum atomic E-state index is 12.4. The van der Waals surface area contributed by atoms with Crippen LogP contribution in [0, 0.1) is 0 Å². The highest BCUT2D eigenvalue weighted by Gasteiger charge is 2.13. The fourth-order valence-corrected chi connectivity index (χ4v) is 2.90. The van der Waals surface area contributed by atoms with Crippen molar-refractivity contribution < 1.29 is 19.4 Å². The van der Waals surface area contributed by atoms with Gasteiger partial charge >= 0.3 is 0 Å². The van der Waals surface area contributed by atoms with E-state index >= 15 is 0 Å². The number of ether oxygens (including phenoxy) is 1. The second-order valence-electron chi connectivity index (χ2n) is 6.39. The second-order valence-corrected chi connectivity index (χ2v) is 6.39. The molecule has 0 bridgehead atoms. The number of carbonyl (C=O) groups is 2. The molecular formula is C21H26O4. The SMILES string of the molecule is CCCCCCCC(=O)CC(=O)c1ccc2cc(O)c(OC)cc2c1. The zero-order chi connectivity index (χ0) is 18.2. The Morgan fingerprint density at radius 2 is 1.76 bits per heavy atom. The van der Waals surface area contributed by atoms with Gasteiger partial charge in [0.15, 0.2) is 17.3 Å². The number of Topliss-reactive ketones (excluding diaryl/α,β-unsaturated/α-hetero) is 2. The minimum Gasteiger partial charge on any atom is -0.504 e. The summed E-state index contributed by atoms with van der Waals surface area (Å²) in [6, 6.07) is 8.51. The Balaban J connectivity index is 1.99. The first-order valence-electron chi connectivity index (χ1n) is 8.90. The molecule has 2 aromatic carbocycles. The lowest BCUT2D eigenvalue weighted by Gasteiger charge is -2.07. The predicted octanol–water partition coefficient (Wildman–Crippen LogP) is 5.06. The highest BCUT2D eigenvalue weighted by Crippen LogP contribution is 2.31. The molecule has 0 saturated carbocycles. The molecule has 134 valence electrons. The fraction of sp³-hybridized carbons (Fsp3) is 0.429. The molecule has 1 N–H and O–H groups in total. The Hall–Kier alpha value is -2.36. The summed E-state index contributed by atoms with van der Waals surface area (Å²) < 4.78 is 5.10. The highest BCUT2D eigenvalue weighted by molar-refractivity contribution is 6.09. The van der Waals surface area contributed by atoms with E-state index in [0.29, 0.717) is 17.7 Å². The maximum Gasteiger partial charge on any atom is 0.170 e. The third kappa shape index (κ3) is 5.31. The fourth-order valence-electron chi connectivity index (χ4n) is 2.90. The van der Waals surface area contributed by atoms with Gasteiger partial charge < -0.3 is 9.84 Å². The lowest BCUT2D eigenvalue weighted by atomic mass is 9.99. The number of aromatic hydroxyl groups is 1. The summed E-state index contributed by atoms with van der Waals surface area (Å²) in [4.78, 5) is 24.3. The minimum absolute atomic E-state index is 0.00452. The molecule has 0 aliphatic carbocycles. The predicted molar refractivity (Wildman–Crippen MR) is 99.5 cm³/mol. The number of hydrogen-bond acceptors (Lipinski definition) is 4. The van der Waals surface area contributed by atoms with Gasteiger partial charge in [-0.05, 0) is 35.4 Å². The summed E-state index contributed by atoms with van der Waals surface area (Å²) in [7, 11) is 1.48. The van der Waals surface area contributed by atoms with Crippen LogP contribution in [-0.2, 0) is 4.79 Å². The molecule has 2 rings (SSSR count). The number of phenolic OH excluding ortho intramolecular Hbond substituents is 1. The van der Waals surface area contributed by atoms with Crippen LogP contribution in [0.2, 0.25) is 0 Å². The quantitative estimate of drug-likeness (QED) is 0.372. The topological polar surface area (TPSA) is 63.6 Å². The van der Waals surface area contributed by atoms with Gasteiger partial charge in [-0.2, -0.15) is 0 Å². The largest absolute Gasteiger partial charge is 0.504 e. The van der Waals surface area contributed by atoms with Crippen molar-refractivity contribution in [3.05, 3.63) is 35.9 Å². The molecule has 0 unspecified atom stereocenters. The summed E-state index contributed by atoms with van der Waals surface area (Å²) in [5, 5.41) is 11.4. The van der Waals surface area contributed by atoms with Crippen LogP contribution in [0.5, 0.6) is 11.5 Å². The Kier molecular flexibility index (Phi) is 6.99. The maximum absolute atomic E-state index is 12.4. The molecule has 25 heavy (non-hydrogen) atoms. The van der Waals surface area contributed by atoms with Crippen molar-refractivity contribution in [2.45, 2.75) is 51.9 Å². The Morgan fingerprint density at radius 3 is 2.48 bits per heavy atom. The number of carbonyl (C=O) groups excluding carboxylic acids is 2. The van der Waals surface area contributed by atoms with Crippen molar-refractivity contribution in [1.29, 1.82) is 0 Å². The number of phenols is 1. The zero-order valence-corrected chi connectivity index (χ0v) is 15.0. The van der Waals surface area contributed by atoms with E-state index < -0.39 is 0 Å². The molecule has 0 atom stereocenters. The number of hydrogen-bond donors (Lipinski definition) is 1. The standard InChI is InChI=1S/C21H26O4/c1-3-4-5-6-7-8-18(22)14-19(23)16-10-9-15-12-20(24)21(25-2)13-17(15)11-16/h9-13,24H,3-8,14H2,1-2H3. The van der Waals surface area contributed by atoms with Gasteiger partial charge in [-0.3, -0.25) is 9.59 Å². The summed E-state index contributed by atoms with van der Waals surface area (Å²) in [5.41, 5.74) is 0.513. The van der Waals surface area contributed by atoms with Crippen LogP contribution in [0.15, 0.2) is 30.3 Å². The average Bonchev–Trinajstić information content (AvgIpc) is 2.60. The minimum atomic E-state index is -0.160. The lowest BCUT2D eigenvalue weighted by Crippen LogP contribution is -2.08. The average molecular weight is 342 g/mol. The normalized spacial score (nSPS) is 10.8. The zero-order valence-electron chi connectivity index (χ0n) is 15.0. The van der Waals surface area contributed by atoms with E-state index in [1.54, 1.807) is 30.3 Å². The van der Waals surface area contributed by atoms with Crippen molar-refractivity contribution in [3.8, 4) is 11.5 Å². The van der Waals surface area contributed by atoms with Gasteiger partial charge in [0.2, 0.25) is 0 Å². The van der Waals surface area contributed by atoms with Gasteiger partial charge in [-0.15, -0.1) is 0 Å². The molecule has 0 heterocycles. The van der Waals surface area contributed by atoms with Gasteiger partial charge in [0.05, 0.1) is 13.5 Å². The second kappa shape index (κ2) is 9.21. The van der Waals surface area contributed by atoms with Gasteiger partial charge in [-0.1, -0.05) is 44.7 Å². The van der Waals surface area contributed by atoms with Crippen LogP contribution in [-0.4, -0.2) is 23.8 Å². The van der Waals surface area contributed by atoms with Crippen LogP contribution < -0.4 is 4.74 Å². The first kappa shape index (κ1) is 19.0. The smallest absolute Gasteiger partial charge is 0.170 e. The molecule has 2 aromatic rings. The van der Waals surface area contributed by atoms with Crippen LogP contribution in [0.4, 0.5) is 0 Å². The molecule has 0 aromatic heterocycles. The van der Waals surface area contributed by atoms with E-state index in [1.807, 2.05) is 0 Å². The van der Waals surface area contributed by atoms with E-state index in [-0.39, 0.29) is 23.7 Å². The summed E-state index contributed by atoms with van der Waals surface area (Å²) in [6.07, 6.45) is 5.86. The number of benzene rings is 2. The Bertz CT molecular complexity index is 749. The molecule has 0 aliphatic heterocycles. The molecule has 4 nitrogen and oxygen atoms in total. The first-order chi connectivity index (χ1) is 12.0. The van der Waals surface area contributed by atoms with E-state index in [0.717, 1.165) is 30.0 Å². The molecule has 0 radical (unpaired) electrons. The van der Waals surface area contributed by atoms with Gasteiger partial charge in [0.25, 0.3) is 0 Å². The van der Waals surface area contributed by atoms with E-state index in [2.05, 4.69) is 6.92 Å². The van der Waals surface area contributed by atoms with Crippen molar-refractivity contribution in [2.75, 3.05) is 7.11 Å². The third-order valence-electron chi connectivity index (χ3n) is 4.38. The van der Waals surface area contributed by atoms with Gasteiger partial charge in [-0.25, -0.2) is 0 Å². The molecule has 0 amide bonds. The van der Waals surface area contributed by atoms with Crippen molar-refractivity contribution in [1.82, 2.24) is 0 Å². The Labute approximate surface area is 148 Å².